The van der Waals surface area contributed by atoms with Gasteiger partial charge in [-0.2, -0.15) is 12.6 Å². The number of carboxylic acids is 1. The molecule has 1 atom stereocenters. The molecule has 4 heteroatoms. The Morgan fingerprint density at radius 3 is 2.70 bits per heavy atom. The molecular formula is C6H13NO2S. The molecule has 0 amide bonds. The molecule has 0 aromatic rings. The molecule has 0 saturated heterocycles. The van der Waals surface area contributed by atoms with Crippen LogP contribution in [-0.2, 0) is 4.79 Å². The van der Waals surface area contributed by atoms with Crippen molar-refractivity contribution in [2.75, 3.05) is 12.3 Å². The fraction of sp³-hybridized carbons (Fsp3) is 0.833. The van der Waals surface area contributed by atoms with Gasteiger partial charge >= 0.3 is 5.97 Å². The van der Waals surface area contributed by atoms with Crippen LogP contribution >= 0.6 is 12.6 Å². The van der Waals surface area contributed by atoms with Crippen LogP contribution in [0.15, 0.2) is 0 Å². The molecule has 0 aromatic carbocycles. The lowest BCUT2D eigenvalue weighted by Gasteiger charge is -2.09. The SMILES string of the molecule is CCC(NCCS)C(=O)O. The molecule has 0 fully saturated rings. The summed E-state index contributed by atoms with van der Waals surface area (Å²) in [5.41, 5.74) is 0. The van der Waals surface area contributed by atoms with E-state index in [9.17, 15) is 4.79 Å². The number of aliphatic carboxylic acids is 1. The van der Waals surface area contributed by atoms with Crippen molar-refractivity contribution in [1.29, 1.82) is 0 Å². The molecule has 0 aliphatic rings. The first kappa shape index (κ1) is 9.78. The van der Waals surface area contributed by atoms with Crippen molar-refractivity contribution in [3.63, 3.8) is 0 Å². The van der Waals surface area contributed by atoms with E-state index in [0.717, 1.165) is 0 Å². The number of nitrogens with one attached hydrogen (secondary N) is 1. The summed E-state index contributed by atoms with van der Waals surface area (Å²) in [6.07, 6.45) is 0.614. The molecule has 0 bridgehead atoms. The van der Waals surface area contributed by atoms with E-state index in [-0.39, 0.29) is 0 Å². The third-order valence-corrected chi connectivity index (χ3v) is 1.43. The van der Waals surface area contributed by atoms with Gasteiger partial charge in [0.25, 0.3) is 0 Å². The summed E-state index contributed by atoms with van der Waals surface area (Å²) in [4.78, 5) is 10.3. The molecule has 0 aliphatic heterocycles. The second kappa shape index (κ2) is 5.56. The first-order chi connectivity index (χ1) is 4.72. The molecule has 0 spiro atoms. The zero-order chi connectivity index (χ0) is 7.98. The highest BCUT2D eigenvalue weighted by Crippen LogP contribution is 1.89. The van der Waals surface area contributed by atoms with Crippen LogP contribution in [0.1, 0.15) is 13.3 Å². The van der Waals surface area contributed by atoms with Gasteiger partial charge in [-0.1, -0.05) is 6.92 Å². The molecule has 0 aliphatic carbocycles. The lowest BCUT2D eigenvalue weighted by molar-refractivity contribution is -0.139. The maximum atomic E-state index is 10.3. The van der Waals surface area contributed by atoms with E-state index >= 15 is 0 Å². The largest absolute Gasteiger partial charge is 0.480 e. The van der Waals surface area contributed by atoms with Crippen molar-refractivity contribution in [3.8, 4) is 0 Å². The van der Waals surface area contributed by atoms with Crippen LogP contribution in [0.2, 0.25) is 0 Å². The van der Waals surface area contributed by atoms with Crippen molar-refractivity contribution in [1.82, 2.24) is 5.32 Å². The molecule has 60 valence electrons. The molecule has 0 heterocycles. The first-order valence-corrected chi connectivity index (χ1v) is 3.92. The van der Waals surface area contributed by atoms with Gasteiger partial charge in [-0.3, -0.25) is 4.79 Å². The zero-order valence-electron chi connectivity index (χ0n) is 6.00. The van der Waals surface area contributed by atoms with E-state index < -0.39 is 12.0 Å². The van der Waals surface area contributed by atoms with Crippen LogP contribution in [0.3, 0.4) is 0 Å². The minimum absolute atomic E-state index is 0.410. The van der Waals surface area contributed by atoms with Crippen LogP contribution in [0, 0.1) is 0 Å². The van der Waals surface area contributed by atoms with E-state index in [1.807, 2.05) is 6.92 Å². The second-order valence-corrected chi connectivity index (χ2v) is 2.42. The van der Waals surface area contributed by atoms with Gasteiger partial charge in [0.2, 0.25) is 0 Å². The summed E-state index contributed by atoms with van der Waals surface area (Å²) in [6.45, 7) is 2.48. The van der Waals surface area contributed by atoms with E-state index in [1.54, 1.807) is 0 Å². The maximum absolute atomic E-state index is 10.3. The molecule has 0 rings (SSSR count). The van der Waals surface area contributed by atoms with Crippen LogP contribution in [0.25, 0.3) is 0 Å². The summed E-state index contributed by atoms with van der Waals surface area (Å²) in [5.74, 6) is -0.117. The van der Waals surface area contributed by atoms with Gasteiger partial charge in [-0.25, -0.2) is 0 Å². The summed E-state index contributed by atoms with van der Waals surface area (Å²) in [5, 5.41) is 11.4. The van der Waals surface area contributed by atoms with Gasteiger partial charge in [0.05, 0.1) is 0 Å². The molecule has 0 aromatic heterocycles. The predicted octanol–water partition coefficient (Wildman–Crippen LogP) is 0.369. The number of rotatable bonds is 5. The predicted molar refractivity (Wildman–Crippen MR) is 43.6 cm³/mol. The smallest absolute Gasteiger partial charge is 0.320 e. The highest BCUT2D eigenvalue weighted by atomic mass is 32.1. The summed E-state index contributed by atoms with van der Waals surface area (Å²) in [6, 6.07) is -0.410. The molecular weight excluding hydrogens is 150 g/mol. The van der Waals surface area contributed by atoms with Gasteiger partial charge in [0.1, 0.15) is 6.04 Å². The quantitative estimate of drug-likeness (QED) is 0.513. The first-order valence-electron chi connectivity index (χ1n) is 3.29. The molecule has 2 N–H and O–H groups in total. The Morgan fingerprint density at radius 1 is 1.80 bits per heavy atom. The Labute approximate surface area is 66.2 Å². The van der Waals surface area contributed by atoms with Crippen molar-refractivity contribution < 1.29 is 9.90 Å². The summed E-state index contributed by atoms with van der Waals surface area (Å²) in [7, 11) is 0. The monoisotopic (exact) mass is 163 g/mol. The number of thiol groups is 1. The van der Waals surface area contributed by atoms with Gasteiger partial charge in [-0.15, -0.1) is 0 Å². The summed E-state index contributed by atoms with van der Waals surface area (Å²) < 4.78 is 0. The van der Waals surface area contributed by atoms with Crippen molar-refractivity contribution in [3.05, 3.63) is 0 Å². The third-order valence-electron chi connectivity index (χ3n) is 1.21. The minimum Gasteiger partial charge on any atom is -0.480 e. The minimum atomic E-state index is -0.788. The van der Waals surface area contributed by atoms with Crippen molar-refractivity contribution in [2.45, 2.75) is 19.4 Å². The Kier molecular flexibility index (Phi) is 5.43. The number of carboxylic acid groups (broad SMARTS) is 1. The number of hydrogen-bond acceptors (Lipinski definition) is 3. The fourth-order valence-electron chi connectivity index (χ4n) is 0.645. The molecule has 3 nitrogen and oxygen atoms in total. The Morgan fingerprint density at radius 2 is 2.40 bits per heavy atom. The highest BCUT2D eigenvalue weighted by Gasteiger charge is 2.11. The van der Waals surface area contributed by atoms with Gasteiger partial charge in [-0.05, 0) is 6.42 Å². The van der Waals surface area contributed by atoms with Crippen LogP contribution < -0.4 is 5.32 Å². The maximum Gasteiger partial charge on any atom is 0.320 e. The average Bonchev–Trinajstić information content (AvgIpc) is 1.89. The van der Waals surface area contributed by atoms with E-state index in [4.69, 9.17) is 5.11 Å². The van der Waals surface area contributed by atoms with E-state index in [2.05, 4.69) is 17.9 Å². The number of hydrogen-bond donors (Lipinski definition) is 3. The van der Waals surface area contributed by atoms with Gasteiger partial charge in [0.15, 0.2) is 0 Å². The third kappa shape index (κ3) is 3.74. The standard InChI is InChI=1S/C6H13NO2S/c1-2-5(6(8)9)7-3-4-10/h5,7,10H,2-4H2,1H3,(H,8,9). The van der Waals surface area contributed by atoms with E-state index in [0.29, 0.717) is 18.7 Å². The lowest BCUT2D eigenvalue weighted by Crippen LogP contribution is -2.37. The van der Waals surface area contributed by atoms with E-state index in [1.165, 1.54) is 0 Å². The molecule has 10 heavy (non-hydrogen) atoms. The molecule has 0 saturated carbocycles. The Bertz CT molecular complexity index is 108. The Balaban J connectivity index is 3.50. The van der Waals surface area contributed by atoms with Gasteiger partial charge in [0, 0.05) is 12.3 Å². The second-order valence-electron chi connectivity index (χ2n) is 1.98. The van der Waals surface area contributed by atoms with Crippen LogP contribution in [0.4, 0.5) is 0 Å². The number of carbonyl (C=O) groups is 1. The lowest BCUT2D eigenvalue weighted by atomic mass is 10.2. The fourth-order valence-corrected chi connectivity index (χ4v) is 0.774. The molecule has 0 radical (unpaired) electrons. The van der Waals surface area contributed by atoms with Crippen LogP contribution in [0.5, 0.6) is 0 Å². The zero-order valence-corrected chi connectivity index (χ0v) is 6.90. The Hall–Kier alpha value is -0.220. The topological polar surface area (TPSA) is 49.3 Å². The van der Waals surface area contributed by atoms with Crippen molar-refractivity contribution >= 4 is 18.6 Å². The van der Waals surface area contributed by atoms with Gasteiger partial charge < -0.3 is 10.4 Å². The van der Waals surface area contributed by atoms with Crippen LogP contribution in [-0.4, -0.2) is 29.4 Å². The molecule has 1 unspecified atom stereocenters. The van der Waals surface area contributed by atoms with Crippen molar-refractivity contribution in [2.24, 2.45) is 0 Å². The summed E-state index contributed by atoms with van der Waals surface area (Å²) >= 11 is 3.95. The average molecular weight is 163 g/mol. The normalized spacial score (nSPS) is 13.0. The highest BCUT2D eigenvalue weighted by molar-refractivity contribution is 7.80.